The van der Waals surface area contributed by atoms with Gasteiger partial charge in [-0.2, -0.15) is 11.3 Å². The lowest BCUT2D eigenvalue weighted by Crippen LogP contribution is -2.34. The number of aromatic nitrogens is 1. The van der Waals surface area contributed by atoms with E-state index in [1.54, 1.807) is 6.92 Å². The highest BCUT2D eigenvalue weighted by atomic mass is 32.1. The van der Waals surface area contributed by atoms with Crippen molar-refractivity contribution >= 4 is 29.0 Å². The van der Waals surface area contributed by atoms with Gasteiger partial charge >= 0.3 is 11.8 Å². The quantitative estimate of drug-likeness (QED) is 0.819. The summed E-state index contributed by atoms with van der Waals surface area (Å²) < 4.78 is 4.77. The fourth-order valence-corrected chi connectivity index (χ4v) is 1.92. The maximum atomic E-state index is 11.5. The minimum absolute atomic E-state index is 0.225. The Kier molecular flexibility index (Phi) is 3.73. The minimum Gasteiger partial charge on any atom is -0.360 e. The first-order chi connectivity index (χ1) is 8.65. The summed E-state index contributed by atoms with van der Waals surface area (Å²) in [6.07, 6.45) is 0. The second kappa shape index (κ2) is 5.46. The van der Waals surface area contributed by atoms with Crippen LogP contribution in [0, 0.1) is 6.92 Å². The Bertz CT molecular complexity index is 548. The normalized spacial score (nSPS) is 10.1. The summed E-state index contributed by atoms with van der Waals surface area (Å²) in [7, 11) is 0. The topological polar surface area (TPSA) is 84.2 Å². The molecule has 0 saturated heterocycles. The van der Waals surface area contributed by atoms with E-state index in [2.05, 4.69) is 15.8 Å². The van der Waals surface area contributed by atoms with E-state index in [9.17, 15) is 9.59 Å². The van der Waals surface area contributed by atoms with Crippen LogP contribution in [-0.2, 0) is 16.1 Å². The SMILES string of the molecule is Cc1cc(NC(=O)C(=O)NCc2ccsc2)no1. The predicted molar refractivity (Wildman–Crippen MR) is 66.0 cm³/mol. The van der Waals surface area contributed by atoms with Crippen molar-refractivity contribution in [2.24, 2.45) is 0 Å². The van der Waals surface area contributed by atoms with Gasteiger partial charge in [0, 0.05) is 12.6 Å². The summed E-state index contributed by atoms with van der Waals surface area (Å²) >= 11 is 1.53. The molecule has 2 heterocycles. The molecule has 2 rings (SSSR count). The number of carbonyl (C=O) groups is 2. The van der Waals surface area contributed by atoms with Gasteiger partial charge in [0.15, 0.2) is 5.82 Å². The summed E-state index contributed by atoms with van der Waals surface area (Å²) in [4.78, 5) is 23.0. The molecule has 2 amide bonds. The summed E-state index contributed by atoms with van der Waals surface area (Å²) in [5.41, 5.74) is 0.957. The molecule has 6 nitrogen and oxygen atoms in total. The molecule has 2 N–H and O–H groups in total. The van der Waals surface area contributed by atoms with E-state index >= 15 is 0 Å². The zero-order valence-corrected chi connectivity index (χ0v) is 10.4. The van der Waals surface area contributed by atoms with Gasteiger partial charge in [0.1, 0.15) is 5.76 Å². The third-order valence-corrected chi connectivity index (χ3v) is 2.84. The van der Waals surface area contributed by atoms with E-state index < -0.39 is 11.8 Å². The molecule has 0 unspecified atom stereocenters. The average molecular weight is 265 g/mol. The van der Waals surface area contributed by atoms with Crippen LogP contribution in [0.5, 0.6) is 0 Å². The van der Waals surface area contributed by atoms with Gasteiger partial charge < -0.3 is 9.84 Å². The van der Waals surface area contributed by atoms with Crippen molar-refractivity contribution in [1.29, 1.82) is 0 Å². The summed E-state index contributed by atoms with van der Waals surface area (Å²) in [6, 6.07) is 3.41. The molecule has 0 fully saturated rings. The molecular weight excluding hydrogens is 254 g/mol. The lowest BCUT2D eigenvalue weighted by atomic mass is 10.3. The number of aryl methyl sites for hydroxylation is 1. The number of rotatable bonds is 3. The monoisotopic (exact) mass is 265 g/mol. The van der Waals surface area contributed by atoms with E-state index in [-0.39, 0.29) is 5.82 Å². The molecule has 94 valence electrons. The van der Waals surface area contributed by atoms with Crippen LogP contribution in [0.1, 0.15) is 11.3 Å². The number of nitrogens with zero attached hydrogens (tertiary/aromatic N) is 1. The van der Waals surface area contributed by atoms with Crippen molar-refractivity contribution in [1.82, 2.24) is 10.5 Å². The van der Waals surface area contributed by atoms with Gasteiger partial charge in [-0.3, -0.25) is 14.9 Å². The van der Waals surface area contributed by atoms with Crippen LogP contribution in [0.4, 0.5) is 5.82 Å². The van der Waals surface area contributed by atoms with Gasteiger partial charge in [-0.15, -0.1) is 0 Å². The first kappa shape index (κ1) is 12.3. The van der Waals surface area contributed by atoms with Crippen LogP contribution in [0.3, 0.4) is 0 Å². The molecule has 0 radical (unpaired) electrons. The van der Waals surface area contributed by atoms with Crippen molar-refractivity contribution in [3.05, 3.63) is 34.2 Å². The molecule has 18 heavy (non-hydrogen) atoms. The average Bonchev–Trinajstić information content (AvgIpc) is 2.97. The molecule has 0 atom stereocenters. The largest absolute Gasteiger partial charge is 0.360 e. The smallest absolute Gasteiger partial charge is 0.314 e. The lowest BCUT2D eigenvalue weighted by Gasteiger charge is -2.02. The Morgan fingerprint density at radius 2 is 2.28 bits per heavy atom. The fraction of sp³-hybridized carbons (Fsp3) is 0.182. The third-order valence-electron chi connectivity index (χ3n) is 2.11. The van der Waals surface area contributed by atoms with Gasteiger partial charge in [-0.25, -0.2) is 0 Å². The minimum atomic E-state index is -0.765. The Morgan fingerprint density at radius 3 is 2.89 bits per heavy atom. The van der Waals surface area contributed by atoms with Crippen molar-refractivity contribution in [3.63, 3.8) is 0 Å². The van der Waals surface area contributed by atoms with Gasteiger partial charge in [0.2, 0.25) is 0 Å². The predicted octanol–water partition coefficient (Wildman–Crippen LogP) is 1.30. The van der Waals surface area contributed by atoms with E-state index in [0.29, 0.717) is 12.3 Å². The Labute approximate surface area is 107 Å². The summed E-state index contributed by atoms with van der Waals surface area (Å²) in [6.45, 7) is 2.02. The highest BCUT2D eigenvalue weighted by Crippen LogP contribution is 2.07. The number of thiophene rings is 1. The van der Waals surface area contributed by atoms with E-state index in [4.69, 9.17) is 4.52 Å². The highest BCUT2D eigenvalue weighted by Gasteiger charge is 2.14. The molecule has 0 spiro atoms. The highest BCUT2D eigenvalue weighted by molar-refractivity contribution is 7.07. The molecule has 2 aromatic heterocycles. The molecule has 2 aromatic rings. The molecular formula is C11H11N3O3S. The first-order valence-electron chi connectivity index (χ1n) is 5.19. The van der Waals surface area contributed by atoms with E-state index in [1.165, 1.54) is 17.4 Å². The first-order valence-corrected chi connectivity index (χ1v) is 6.13. The van der Waals surface area contributed by atoms with Crippen molar-refractivity contribution in [2.45, 2.75) is 13.5 Å². The molecule has 7 heteroatoms. The van der Waals surface area contributed by atoms with Crippen molar-refractivity contribution < 1.29 is 14.1 Å². The molecule has 0 bridgehead atoms. The fourth-order valence-electron chi connectivity index (χ4n) is 1.25. The number of hydrogen-bond acceptors (Lipinski definition) is 5. The Hall–Kier alpha value is -2.15. The van der Waals surface area contributed by atoms with Crippen LogP contribution >= 0.6 is 11.3 Å². The number of nitrogens with one attached hydrogen (secondary N) is 2. The van der Waals surface area contributed by atoms with E-state index in [1.807, 2.05) is 16.8 Å². The summed E-state index contributed by atoms with van der Waals surface area (Å²) in [5.74, 6) is -0.687. The van der Waals surface area contributed by atoms with Crippen LogP contribution in [0.25, 0.3) is 0 Å². The third kappa shape index (κ3) is 3.17. The van der Waals surface area contributed by atoms with Crippen LogP contribution in [-0.4, -0.2) is 17.0 Å². The van der Waals surface area contributed by atoms with Gasteiger partial charge in [0.05, 0.1) is 0 Å². The van der Waals surface area contributed by atoms with Crippen LogP contribution < -0.4 is 10.6 Å². The second-order valence-electron chi connectivity index (χ2n) is 3.59. The van der Waals surface area contributed by atoms with E-state index in [0.717, 1.165) is 5.56 Å². The number of hydrogen-bond donors (Lipinski definition) is 2. The molecule has 0 aromatic carbocycles. The zero-order valence-electron chi connectivity index (χ0n) is 9.60. The second-order valence-corrected chi connectivity index (χ2v) is 4.37. The van der Waals surface area contributed by atoms with Gasteiger partial charge in [0.25, 0.3) is 0 Å². The molecule has 0 aliphatic carbocycles. The summed E-state index contributed by atoms with van der Waals surface area (Å²) in [5, 5.41) is 12.2. The number of carbonyl (C=O) groups excluding carboxylic acids is 2. The maximum absolute atomic E-state index is 11.5. The lowest BCUT2D eigenvalue weighted by molar-refractivity contribution is -0.136. The van der Waals surface area contributed by atoms with Crippen LogP contribution in [0.2, 0.25) is 0 Å². The number of anilines is 1. The Balaban J connectivity index is 1.83. The molecule has 0 aliphatic heterocycles. The van der Waals surface area contributed by atoms with Gasteiger partial charge in [-0.05, 0) is 29.3 Å². The Morgan fingerprint density at radius 1 is 1.44 bits per heavy atom. The van der Waals surface area contributed by atoms with Crippen molar-refractivity contribution in [2.75, 3.05) is 5.32 Å². The molecule has 0 aliphatic rings. The van der Waals surface area contributed by atoms with Crippen LogP contribution in [0.15, 0.2) is 27.4 Å². The zero-order chi connectivity index (χ0) is 13.0. The van der Waals surface area contributed by atoms with Gasteiger partial charge in [-0.1, -0.05) is 5.16 Å². The van der Waals surface area contributed by atoms with Crippen molar-refractivity contribution in [3.8, 4) is 0 Å². The maximum Gasteiger partial charge on any atom is 0.314 e. The standard InChI is InChI=1S/C11H11N3O3S/c1-7-4-9(14-17-7)13-11(16)10(15)12-5-8-2-3-18-6-8/h2-4,6H,5H2,1H3,(H,12,15)(H,13,14,16). The number of amides is 2. The molecule has 0 saturated carbocycles.